The van der Waals surface area contributed by atoms with Crippen molar-refractivity contribution in [1.82, 2.24) is 0 Å². The minimum absolute atomic E-state index is 0.00694. The van der Waals surface area contributed by atoms with E-state index >= 15 is 0 Å². The molecule has 0 aliphatic carbocycles. The van der Waals surface area contributed by atoms with E-state index in [1.54, 1.807) is 18.2 Å². The lowest BCUT2D eigenvalue weighted by Crippen LogP contribution is -2.19. The van der Waals surface area contributed by atoms with Crippen molar-refractivity contribution < 1.29 is 14.8 Å². The van der Waals surface area contributed by atoms with Crippen LogP contribution in [0, 0.1) is 22.0 Å². The number of aliphatic carboxylic acids is 1. The summed E-state index contributed by atoms with van der Waals surface area (Å²) in [5, 5.41) is 20.0. The zero-order chi connectivity index (χ0) is 13.7. The second-order valence-electron chi connectivity index (χ2n) is 4.75. The van der Waals surface area contributed by atoms with Gasteiger partial charge in [0, 0.05) is 11.6 Å². The lowest BCUT2D eigenvalue weighted by atomic mass is 9.90. The van der Waals surface area contributed by atoms with E-state index in [9.17, 15) is 14.9 Å². The van der Waals surface area contributed by atoms with Crippen LogP contribution in [0.2, 0.25) is 0 Å². The van der Waals surface area contributed by atoms with E-state index in [0.717, 1.165) is 0 Å². The van der Waals surface area contributed by atoms with Crippen molar-refractivity contribution in [2.75, 3.05) is 0 Å². The quantitative estimate of drug-likeness (QED) is 0.622. The molecule has 1 atom stereocenters. The molecule has 0 aliphatic rings. The molecule has 0 bridgehead atoms. The Morgan fingerprint density at radius 1 is 1.39 bits per heavy atom. The topological polar surface area (TPSA) is 80.4 Å². The van der Waals surface area contributed by atoms with E-state index in [1.165, 1.54) is 6.07 Å². The van der Waals surface area contributed by atoms with Gasteiger partial charge in [-0.25, -0.2) is 0 Å². The van der Waals surface area contributed by atoms with E-state index in [0.29, 0.717) is 12.0 Å². The van der Waals surface area contributed by atoms with Crippen LogP contribution < -0.4 is 0 Å². The Balaban J connectivity index is 2.93. The molecule has 0 heterocycles. The molecule has 1 unspecified atom stereocenters. The summed E-state index contributed by atoms with van der Waals surface area (Å²) in [6, 6.07) is 6.30. The second-order valence-corrected chi connectivity index (χ2v) is 4.75. The predicted molar refractivity (Wildman–Crippen MR) is 67.4 cm³/mol. The Morgan fingerprint density at radius 2 is 2.00 bits per heavy atom. The van der Waals surface area contributed by atoms with Crippen molar-refractivity contribution in [2.24, 2.45) is 11.8 Å². The highest BCUT2D eigenvalue weighted by Crippen LogP contribution is 2.24. The third kappa shape index (κ3) is 3.84. The average molecular weight is 251 g/mol. The molecule has 18 heavy (non-hydrogen) atoms. The van der Waals surface area contributed by atoms with Crippen LogP contribution in [-0.2, 0) is 11.2 Å². The van der Waals surface area contributed by atoms with E-state index in [4.69, 9.17) is 5.11 Å². The zero-order valence-electron chi connectivity index (χ0n) is 10.5. The van der Waals surface area contributed by atoms with E-state index in [2.05, 4.69) is 0 Å². The molecule has 0 radical (unpaired) electrons. The SMILES string of the molecule is CC(C)CC(Cc1ccccc1[N+](=O)[O-])C(=O)O. The molecule has 0 fully saturated rings. The lowest BCUT2D eigenvalue weighted by molar-refractivity contribution is -0.385. The molecule has 0 amide bonds. The van der Waals surface area contributed by atoms with Crippen LogP contribution in [0.15, 0.2) is 24.3 Å². The summed E-state index contributed by atoms with van der Waals surface area (Å²) in [6.45, 7) is 3.88. The van der Waals surface area contributed by atoms with E-state index in [1.807, 2.05) is 13.8 Å². The molecule has 98 valence electrons. The molecular formula is C13H17NO4. The number of carboxylic acids is 1. The Labute approximate surface area is 106 Å². The summed E-state index contributed by atoms with van der Waals surface area (Å²) in [5.41, 5.74) is 0.475. The first kappa shape index (κ1) is 14.2. The number of nitrogens with zero attached hydrogens (tertiary/aromatic N) is 1. The number of para-hydroxylation sites is 1. The van der Waals surface area contributed by atoms with Gasteiger partial charge >= 0.3 is 5.97 Å². The number of nitro groups is 1. The minimum Gasteiger partial charge on any atom is -0.481 e. The van der Waals surface area contributed by atoms with Gasteiger partial charge in [0.25, 0.3) is 5.69 Å². The highest BCUT2D eigenvalue weighted by molar-refractivity contribution is 5.70. The molecule has 0 saturated heterocycles. The molecule has 1 aromatic rings. The van der Waals surface area contributed by atoms with Gasteiger partial charge in [-0.3, -0.25) is 14.9 Å². The summed E-state index contributed by atoms with van der Waals surface area (Å²) in [6.07, 6.45) is 0.714. The van der Waals surface area contributed by atoms with Gasteiger partial charge < -0.3 is 5.11 Å². The monoisotopic (exact) mass is 251 g/mol. The molecule has 1 rings (SSSR count). The van der Waals surface area contributed by atoms with Crippen molar-refractivity contribution >= 4 is 11.7 Å². The van der Waals surface area contributed by atoms with E-state index < -0.39 is 16.8 Å². The summed E-state index contributed by atoms with van der Waals surface area (Å²) in [4.78, 5) is 21.5. The molecule has 0 saturated carbocycles. The fourth-order valence-corrected chi connectivity index (χ4v) is 1.97. The number of carboxylic acid groups (broad SMARTS) is 1. The van der Waals surface area contributed by atoms with Gasteiger partial charge in [0.2, 0.25) is 0 Å². The Morgan fingerprint density at radius 3 is 2.50 bits per heavy atom. The summed E-state index contributed by atoms with van der Waals surface area (Å²) in [7, 11) is 0. The van der Waals surface area contributed by atoms with Crippen LogP contribution in [0.25, 0.3) is 0 Å². The molecule has 0 aromatic heterocycles. The van der Waals surface area contributed by atoms with E-state index in [-0.39, 0.29) is 18.0 Å². The first-order valence-corrected chi connectivity index (χ1v) is 5.87. The standard InChI is InChI=1S/C13H17NO4/c1-9(2)7-11(13(15)16)8-10-5-3-4-6-12(10)14(17)18/h3-6,9,11H,7-8H2,1-2H3,(H,15,16). The second kappa shape index (κ2) is 6.14. The predicted octanol–water partition coefficient (Wildman–Crippen LogP) is 2.88. The van der Waals surface area contributed by atoms with Crippen molar-refractivity contribution in [3.8, 4) is 0 Å². The van der Waals surface area contributed by atoms with Gasteiger partial charge in [-0.05, 0) is 18.8 Å². The molecular weight excluding hydrogens is 234 g/mol. The number of hydrogen-bond acceptors (Lipinski definition) is 3. The maximum atomic E-state index is 11.2. The molecule has 0 aliphatic heterocycles. The molecule has 5 nitrogen and oxygen atoms in total. The van der Waals surface area contributed by atoms with Crippen molar-refractivity contribution in [2.45, 2.75) is 26.7 Å². The van der Waals surface area contributed by atoms with Crippen LogP contribution in [0.3, 0.4) is 0 Å². The van der Waals surface area contributed by atoms with Crippen LogP contribution >= 0.6 is 0 Å². The highest BCUT2D eigenvalue weighted by atomic mass is 16.6. The number of nitro benzene ring substituents is 1. The normalized spacial score (nSPS) is 12.4. The summed E-state index contributed by atoms with van der Waals surface area (Å²) in [5.74, 6) is -1.23. The fourth-order valence-electron chi connectivity index (χ4n) is 1.97. The molecule has 1 N–H and O–H groups in total. The van der Waals surface area contributed by atoms with Gasteiger partial charge in [0.05, 0.1) is 10.8 Å². The third-order valence-electron chi connectivity index (χ3n) is 2.76. The Bertz CT molecular complexity index is 442. The highest BCUT2D eigenvalue weighted by Gasteiger charge is 2.23. The number of rotatable bonds is 6. The largest absolute Gasteiger partial charge is 0.481 e. The summed E-state index contributed by atoms with van der Waals surface area (Å²) < 4.78 is 0. The van der Waals surface area contributed by atoms with Crippen molar-refractivity contribution in [3.05, 3.63) is 39.9 Å². The first-order valence-electron chi connectivity index (χ1n) is 5.87. The van der Waals surface area contributed by atoms with Crippen molar-refractivity contribution in [1.29, 1.82) is 0 Å². The molecule has 5 heteroatoms. The average Bonchev–Trinajstić information content (AvgIpc) is 2.27. The maximum Gasteiger partial charge on any atom is 0.306 e. The first-order chi connectivity index (χ1) is 8.41. The minimum atomic E-state index is -0.901. The number of benzene rings is 1. The summed E-state index contributed by atoms with van der Waals surface area (Å²) >= 11 is 0. The van der Waals surface area contributed by atoms with Crippen LogP contribution in [0.4, 0.5) is 5.69 Å². The molecule has 0 spiro atoms. The van der Waals surface area contributed by atoms with Gasteiger partial charge in [-0.1, -0.05) is 32.0 Å². The molecule has 1 aromatic carbocycles. The Kier molecular flexibility index (Phi) is 4.83. The smallest absolute Gasteiger partial charge is 0.306 e. The zero-order valence-corrected chi connectivity index (χ0v) is 10.5. The fraction of sp³-hybridized carbons (Fsp3) is 0.462. The van der Waals surface area contributed by atoms with Crippen LogP contribution in [0.5, 0.6) is 0 Å². The van der Waals surface area contributed by atoms with Gasteiger partial charge in [-0.15, -0.1) is 0 Å². The van der Waals surface area contributed by atoms with Crippen LogP contribution in [-0.4, -0.2) is 16.0 Å². The number of hydrogen-bond donors (Lipinski definition) is 1. The number of carbonyl (C=O) groups is 1. The van der Waals surface area contributed by atoms with Gasteiger partial charge in [0.15, 0.2) is 0 Å². The van der Waals surface area contributed by atoms with Gasteiger partial charge in [-0.2, -0.15) is 0 Å². The van der Waals surface area contributed by atoms with Gasteiger partial charge in [0.1, 0.15) is 0 Å². The lowest BCUT2D eigenvalue weighted by Gasteiger charge is -2.14. The van der Waals surface area contributed by atoms with Crippen molar-refractivity contribution in [3.63, 3.8) is 0 Å². The maximum absolute atomic E-state index is 11.2. The third-order valence-corrected chi connectivity index (χ3v) is 2.76. The Hall–Kier alpha value is -1.91. The van der Waals surface area contributed by atoms with Crippen LogP contribution in [0.1, 0.15) is 25.8 Å².